The summed E-state index contributed by atoms with van der Waals surface area (Å²) in [5.41, 5.74) is 27.1. The Hall–Kier alpha value is -13.0. The molecule has 100 heavy (non-hydrogen) atoms. The Labute approximate surface area is 577 Å². The molecule has 474 valence electrons. The minimum Gasteiger partial charge on any atom is -0.308 e. The van der Waals surface area contributed by atoms with Gasteiger partial charge in [-0.15, -0.1) is 0 Å². The zero-order chi connectivity index (χ0) is 67.8. The molecule has 0 aliphatic rings. The monoisotopic (exact) mass is 1280 g/mol. The lowest BCUT2D eigenvalue weighted by Crippen LogP contribution is -2.06. The number of nitriles is 2. The van der Waals surface area contributed by atoms with E-state index in [0.717, 1.165) is 194 Å². The molecule has 6 aromatic heterocycles. The SMILES string of the molecule is Cc1ccc2c(c1)c1cc(Cc3ccc4c(c3)c3ccc(C)cc3n4-c3cc(C#N)c(-n4c5ccccc5c5ccc(C)cc54)cc3-c3nc(C)cc(C)n3)ccc1n2-c1cc(-c2nc(-c3ccccc3)cc(-c3ccccc3)n2)c(-n2c3ccc(C)cc3c3cc(C)ccc32)cc1C#N. The zero-order valence-electron chi connectivity index (χ0n) is 56.4. The quantitative estimate of drug-likeness (QED) is 0.135. The zero-order valence-corrected chi connectivity index (χ0v) is 56.4. The van der Waals surface area contributed by atoms with Crippen molar-refractivity contribution in [2.75, 3.05) is 0 Å². The highest BCUT2D eigenvalue weighted by molar-refractivity contribution is 6.14. The third-order valence-corrected chi connectivity index (χ3v) is 20.0. The van der Waals surface area contributed by atoms with Crippen LogP contribution in [0.1, 0.15) is 61.5 Å². The van der Waals surface area contributed by atoms with Gasteiger partial charge >= 0.3 is 0 Å². The van der Waals surface area contributed by atoms with E-state index in [2.05, 4.69) is 265 Å². The molecule has 18 rings (SSSR count). The van der Waals surface area contributed by atoms with Crippen molar-refractivity contribution >= 4 is 87.2 Å². The van der Waals surface area contributed by atoms with Gasteiger partial charge in [-0.1, -0.05) is 150 Å². The number of rotatable bonds is 10. The van der Waals surface area contributed by atoms with Gasteiger partial charge in [-0.05, 0) is 192 Å². The van der Waals surface area contributed by atoms with Crippen LogP contribution in [0.25, 0.3) is 155 Å². The molecule has 6 heterocycles. The van der Waals surface area contributed by atoms with Gasteiger partial charge in [-0.25, -0.2) is 19.9 Å². The van der Waals surface area contributed by atoms with E-state index in [1.54, 1.807) is 0 Å². The van der Waals surface area contributed by atoms with Gasteiger partial charge in [0.1, 0.15) is 12.1 Å². The van der Waals surface area contributed by atoms with Crippen molar-refractivity contribution in [3.63, 3.8) is 0 Å². The van der Waals surface area contributed by atoms with Crippen molar-refractivity contribution in [2.45, 2.75) is 54.9 Å². The van der Waals surface area contributed by atoms with Gasteiger partial charge in [0.05, 0.1) is 89.4 Å². The number of aromatic nitrogens is 8. The van der Waals surface area contributed by atoms with Gasteiger partial charge in [0.25, 0.3) is 0 Å². The lowest BCUT2D eigenvalue weighted by Gasteiger charge is -2.19. The molecule has 18 aromatic rings. The Bertz CT molecular complexity index is 6460. The number of benzene rings is 12. The lowest BCUT2D eigenvalue weighted by atomic mass is 10.00. The van der Waals surface area contributed by atoms with Crippen molar-refractivity contribution in [1.29, 1.82) is 10.5 Å². The van der Waals surface area contributed by atoms with Crippen molar-refractivity contribution in [3.05, 3.63) is 310 Å². The van der Waals surface area contributed by atoms with Crippen LogP contribution in [0.4, 0.5) is 0 Å². The molecular formula is C90H64N10. The van der Waals surface area contributed by atoms with Crippen LogP contribution in [0.2, 0.25) is 0 Å². The largest absolute Gasteiger partial charge is 0.308 e. The molecular weight excluding hydrogens is 1220 g/mol. The number of hydrogen-bond acceptors (Lipinski definition) is 6. The summed E-state index contributed by atoms with van der Waals surface area (Å²) in [6.45, 7) is 14.7. The molecule has 10 heteroatoms. The molecule has 0 saturated heterocycles. The first-order chi connectivity index (χ1) is 48.8. The van der Waals surface area contributed by atoms with E-state index in [-0.39, 0.29) is 0 Å². The van der Waals surface area contributed by atoms with Gasteiger partial charge in [-0.3, -0.25) is 0 Å². The van der Waals surface area contributed by atoms with Crippen LogP contribution in [0.3, 0.4) is 0 Å². The van der Waals surface area contributed by atoms with Gasteiger partial charge in [0.15, 0.2) is 11.6 Å². The first kappa shape index (κ1) is 59.5. The highest BCUT2D eigenvalue weighted by Crippen LogP contribution is 2.45. The summed E-state index contributed by atoms with van der Waals surface area (Å²) in [6.07, 6.45) is 0.648. The predicted molar refractivity (Wildman–Crippen MR) is 409 cm³/mol. The molecule has 12 aromatic carbocycles. The van der Waals surface area contributed by atoms with E-state index in [4.69, 9.17) is 19.9 Å². The fourth-order valence-corrected chi connectivity index (χ4v) is 15.5. The number of aryl methyl sites for hydroxylation is 7. The maximum Gasteiger partial charge on any atom is 0.162 e. The Morgan fingerprint density at radius 1 is 0.280 bits per heavy atom. The molecule has 0 saturated carbocycles. The van der Waals surface area contributed by atoms with Crippen molar-refractivity contribution in [2.24, 2.45) is 0 Å². The van der Waals surface area contributed by atoms with Crippen LogP contribution in [0.5, 0.6) is 0 Å². The molecule has 0 N–H and O–H groups in total. The minimum absolute atomic E-state index is 0.508. The number of nitrogens with zero attached hydrogens (tertiary/aromatic N) is 10. The van der Waals surface area contributed by atoms with Crippen LogP contribution in [-0.2, 0) is 6.42 Å². The first-order valence-electron chi connectivity index (χ1n) is 33.9. The summed E-state index contributed by atoms with van der Waals surface area (Å²) in [5, 5.41) is 31.9. The minimum atomic E-state index is 0.508. The average molecular weight is 1290 g/mol. The molecule has 10 nitrogen and oxygen atoms in total. The average Bonchev–Trinajstić information content (AvgIpc) is 1.56. The molecule has 0 spiro atoms. The number of para-hydroxylation sites is 1. The molecule has 0 bridgehead atoms. The maximum atomic E-state index is 11.7. The Morgan fingerprint density at radius 2 is 0.630 bits per heavy atom. The van der Waals surface area contributed by atoms with Crippen LogP contribution in [-0.4, -0.2) is 38.2 Å². The third-order valence-electron chi connectivity index (χ3n) is 20.0. The summed E-state index contributed by atoms with van der Waals surface area (Å²) in [6, 6.07) is 93.6. The second kappa shape index (κ2) is 23.1. The molecule has 0 radical (unpaired) electrons. The fourth-order valence-electron chi connectivity index (χ4n) is 15.5. The van der Waals surface area contributed by atoms with Crippen LogP contribution < -0.4 is 0 Å². The summed E-state index contributed by atoms with van der Waals surface area (Å²) in [7, 11) is 0. The van der Waals surface area contributed by atoms with Crippen LogP contribution in [0.15, 0.2) is 249 Å². The molecule has 0 atom stereocenters. The first-order valence-corrected chi connectivity index (χ1v) is 33.9. The van der Waals surface area contributed by atoms with E-state index in [9.17, 15) is 10.5 Å². The van der Waals surface area contributed by atoms with E-state index < -0.39 is 0 Å². The number of fused-ring (bicyclic) bond motifs is 12. The predicted octanol–water partition coefficient (Wildman–Crippen LogP) is 21.8. The van der Waals surface area contributed by atoms with Crippen molar-refractivity contribution in [3.8, 4) is 80.2 Å². The van der Waals surface area contributed by atoms with Gasteiger partial charge in [-0.2, -0.15) is 10.5 Å². The van der Waals surface area contributed by atoms with Crippen molar-refractivity contribution < 1.29 is 0 Å². The Morgan fingerprint density at radius 3 is 1.11 bits per heavy atom. The van der Waals surface area contributed by atoms with Gasteiger partial charge in [0, 0.05) is 76.7 Å². The normalized spacial score (nSPS) is 11.8. The molecule has 0 aliphatic heterocycles. The summed E-state index contributed by atoms with van der Waals surface area (Å²) < 4.78 is 9.12. The van der Waals surface area contributed by atoms with Crippen LogP contribution >= 0.6 is 0 Å². The summed E-state index contributed by atoms with van der Waals surface area (Å²) in [5.74, 6) is 1.13. The molecule has 0 amide bonds. The van der Waals surface area contributed by atoms with Gasteiger partial charge < -0.3 is 18.3 Å². The van der Waals surface area contributed by atoms with E-state index >= 15 is 0 Å². The highest BCUT2D eigenvalue weighted by atomic mass is 15.0. The second-order valence-electron chi connectivity index (χ2n) is 27.0. The summed E-state index contributed by atoms with van der Waals surface area (Å²) >= 11 is 0. The second-order valence-corrected chi connectivity index (χ2v) is 27.0. The van der Waals surface area contributed by atoms with E-state index in [1.165, 1.54) is 0 Å². The van der Waals surface area contributed by atoms with Crippen LogP contribution in [0, 0.1) is 71.1 Å². The van der Waals surface area contributed by atoms with E-state index in [1.807, 2.05) is 62.4 Å². The number of hydrogen-bond donors (Lipinski definition) is 0. The lowest BCUT2D eigenvalue weighted by molar-refractivity contribution is 1.05. The van der Waals surface area contributed by atoms with Crippen molar-refractivity contribution in [1.82, 2.24) is 38.2 Å². The molecule has 0 unspecified atom stereocenters. The summed E-state index contributed by atoms with van der Waals surface area (Å²) in [4.78, 5) is 21.3. The smallest absolute Gasteiger partial charge is 0.162 e. The topological polar surface area (TPSA) is 119 Å². The third kappa shape index (κ3) is 9.67. The Kier molecular flexibility index (Phi) is 13.7. The van der Waals surface area contributed by atoms with E-state index in [0.29, 0.717) is 29.2 Å². The molecule has 0 fully saturated rings. The Balaban J connectivity index is 0.811. The maximum absolute atomic E-state index is 11.7. The standard InChI is InChI=1S/C90H64N10/c1-52-25-32-79-68(36-52)69-37-53(2)26-33-80(69)98(79)87-45-63(50-91)83(48-74(87)90-95-75(61-16-10-8-11-17-61)49-76(96-90)62-18-12-9-13-19-62)97-78-31-24-54(3)38-70(78)72-44-60(28-35-82(72)97)42-59-27-34-81-71(43-59)67-30-23-56(5)40-86(67)100(81)88-46-64(51-92)84(47-73(88)89-93-57(6)41-58(7)94-89)99-77-21-15-14-20-65(77)66-29-22-55(4)39-85(66)99/h8-41,43-49H,42H2,1-7H3. The van der Waals surface area contributed by atoms with Gasteiger partial charge in [0.2, 0.25) is 0 Å². The fraction of sp³-hybridized carbons (Fsp3) is 0.0889. The highest BCUT2D eigenvalue weighted by Gasteiger charge is 2.27. The molecule has 0 aliphatic carbocycles.